The zero-order chi connectivity index (χ0) is 21.2. The average Bonchev–Trinajstić information content (AvgIpc) is 3.44. The summed E-state index contributed by atoms with van der Waals surface area (Å²) in [6.45, 7) is 0.534. The molecule has 0 fully saturated rings. The Labute approximate surface area is 182 Å². The van der Waals surface area contributed by atoms with E-state index in [9.17, 15) is 9.59 Å². The van der Waals surface area contributed by atoms with Gasteiger partial charge in [0.25, 0.3) is 11.8 Å². The van der Waals surface area contributed by atoms with Crippen LogP contribution in [0.5, 0.6) is 11.5 Å². The minimum atomic E-state index is -0.273. The molecule has 0 aliphatic carbocycles. The molecular weight excluding hydrogens is 412 g/mol. The predicted octanol–water partition coefficient (Wildman–Crippen LogP) is 4.81. The Morgan fingerprint density at radius 3 is 2.58 bits per heavy atom. The van der Waals surface area contributed by atoms with E-state index in [1.54, 1.807) is 24.3 Å². The maximum Gasteiger partial charge on any atom is 0.265 e. The third-order valence-electron chi connectivity index (χ3n) is 4.96. The van der Waals surface area contributed by atoms with Crippen molar-refractivity contribution in [2.24, 2.45) is 0 Å². The van der Waals surface area contributed by atoms with Crippen molar-refractivity contribution in [2.75, 3.05) is 12.1 Å². The summed E-state index contributed by atoms with van der Waals surface area (Å²) in [4.78, 5) is 26.2. The van der Waals surface area contributed by atoms with E-state index in [-0.39, 0.29) is 18.6 Å². The van der Waals surface area contributed by atoms with E-state index < -0.39 is 0 Å². The van der Waals surface area contributed by atoms with Gasteiger partial charge in [0.15, 0.2) is 11.5 Å². The van der Waals surface area contributed by atoms with Crippen LogP contribution in [0.15, 0.2) is 72.8 Å². The number of carbonyl (C=O) groups excluding carboxylic acids is 2. The quantitative estimate of drug-likeness (QED) is 0.476. The molecule has 31 heavy (non-hydrogen) atoms. The molecule has 6 nitrogen and oxygen atoms in total. The maximum atomic E-state index is 12.8. The van der Waals surface area contributed by atoms with Crippen LogP contribution >= 0.6 is 11.3 Å². The summed E-state index contributed by atoms with van der Waals surface area (Å²) < 4.78 is 11.7. The van der Waals surface area contributed by atoms with E-state index in [1.807, 2.05) is 48.5 Å². The SMILES string of the molecule is O=C(Nc1ccccc1C(=O)NCc1ccc2c(c1)OCO2)c1cc2ccccc2s1. The first kappa shape index (κ1) is 19.1. The molecule has 1 aliphatic rings. The number of para-hydroxylation sites is 1. The molecule has 154 valence electrons. The van der Waals surface area contributed by atoms with E-state index in [4.69, 9.17) is 9.47 Å². The van der Waals surface area contributed by atoms with Gasteiger partial charge >= 0.3 is 0 Å². The van der Waals surface area contributed by atoms with Crippen molar-refractivity contribution in [3.05, 3.63) is 88.8 Å². The predicted molar refractivity (Wildman–Crippen MR) is 120 cm³/mol. The highest BCUT2D eigenvalue weighted by atomic mass is 32.1. The fraction of sp³-hybridized carbons (Fsp3) is 0.0833. The van der Waals surface area contributed by atoms with Crippen molar-refractivity contribution in [3.8, 4) is 11.5 Å². The fourth-order valence-electron chi connectivity index (χ4n) is 3.40. The van der Waals surface area contributed by atoms with E-state index in [1.165, 1.54) is 11.3 Å². The Morgan fingerprint density at radius 2 is 1.68 bits per heavy atom. The molecule has 2 heterocycles. The molecule has 5 rings (SSSR count). The first-order valence-electron chi connectivity index (χ1n) is 9.73. The van der Waals surface area contributed by atoms with Crippen molar-refractivity contribution in [2.45, 2.75) is 6.54 Å². The highest BCUT2D eigenvalue weighted by molar-refractivity contribution is 7.20. The molecule has 0 bridgehead atoms. The molecule has 0 unspecified atom stereocenters. The van der Waals surface area contributed by atoms with Gasteiger partial charge in [-0.2, -0.15) is 0 Å². The first-order chi connectivity index (χ1) is 15.2. The zero-order valence-corrected chi connectivity index (χ0v) is 17.2. The van der Waals surface area contributed by atoms with E-state index in [0.717, 1.165) is 15.6 Å². The third kappa shape index (κ3) is 3.95. The Balaban J connectivity index is 1.30. The van der Waals surface area contributed by atoms with Crippen molar-refractivity contribution in [1.29, 1.82) is 0 Å². The second-order valence-corrected chi connectivity index (χ2v) is 8.10. The number of anilines is 1. The summed E-state index contributed by atoms with van der Waals surface area (Å²) in [6.07, 6.45) is 0. The number of carbonyl (C=O) groups is 2. The summed E-state index contributed by atoms with van der Waals surface area (Å²) in [6, 6.07) is 22.2. The Hall–Kier alpha value is -3.84. The normalized spacial score (nSPS) is 12.0. The molecule has 0 spiro atoms. The second-order valence-electron chi connectivity index (χ2n) is 7.02. The monoisotopic (exact) mass is 430 g/mol. The van der Waals surface area contributed by atoms with Crippen LogP contribution in [0.25, 0.3) is 10.1 Å². The van der Waals surface area contributed by atoms with Crippen LogP contribution in [-0.2, 0) is 6.54 Å². The molecule has 2 N–H and O–H groups in total. The number of hydrogen-bond acceptors (Lipinski definition) is 5. The van der Waals surface area contributed by atoms with Gasteiger partial charge in [-0.1, -0.05) is 36.4 Å². The number of amides is 2. The topological polar surface area (TPSA) is 76.7 Å². The average molecular weight is 430 g/mol. The number of benzene rings is 3. The van der Waals surface area contributed by atoms with E-state index >= 15 is 0 Å². The third-order valence-corrected chi connectivity index (χ3v) is 6.07. The molecule has 2 amide bonds. The summed E-state index contributed by atoms with van der Waals surface area (Å²) >= 11 is 1.42. The van der Waals surface area contributed by atoms with Crippen LogP contribution in [0.3, 0.4) is 0 Å². The summed E-state index contributed by atoms with van der Waals surface area (Å²) in [7, 11) is 0. The van der Waals surface area contributed by atoms with Gasteiger partial charge in [-0.25, -0.2) is 0 Å². The van der Waals surface area contributed by atoms with Gasteiger partial charge < -0.3 is 20.1 Å². The summed E-state index contributed by atoms with van der Waals surface area (Å²) in [5.74, 6) is 0.856. The molecule has 1 aliphatic heterocycles. The molecule has 3 aromatic carbocycles. The van der Waals surface area contributed by atoms with Gasteiger partial charge in [0.1, 0.15) is 0 Å². The lowest BCUT2D eigenvalue weighted by molar-refractivity contribution is 0.0951. The Kier molecular flexibility index (Phi) is 5.01. The van der Waals surface area contributed by atoms with Crippen LogP contribution in [0.4, 0.5) is 5.69 Å². The Bertz CT molecular complexity index is 1260. The smallest absolute Gasteiger partial charge is 0.265 e. The fourth-order valence-corrected chi connectivity index (χ4v) is 4.35. The number of ether oxygens (including phenoxy) is 2. The van der Waals surface area contributed by atoms with Crippen LogP contribution < -0.4 is 20.1 Å². The molecule has 1 aromatic heterocycles. The van der Waals surface area contributed by atoms with Gasteiger partial charge in [0.05, 0.1) is 16.1 Å². The largest absolute Gasteiger partial charge is 0.454 e. The number of hydrogen-bond donors (Lipinski definition) is 2. The molecular formula is C24H18N2O4S. The number of rotatable bonds is 5. The number of thiophene rings is 1. The van der Waals surface area contributed by atoms with Gasteiger partial charge in [-0.05, 0) is 47.3 Å². The van der Waals surface area contributed by atoms with Gasteiger partial charge in [-0.15, -0.1) is 11.3 Å². The minimum Gasteiger partial charge on any atom is -0.454 e. The van der Waals surface area contributed by atoms with Crippen molar-refractivity contribution in [1.82, 2.24) is 5.32 Å². The first-order valence-corrected chi connectivity index (χ1v) is 10.5. The van der Waals surface area contributed by atoms with E-state index in [2.05, 4.69) is 10.6 Å². The van der Waals surface area contributed by atoms with Crippen LogP contribution in [-0.4, -0.2) is 18.6 Å². The summed E-state index contributed by atoms with van der Waals surface area (Å²) in [5, 5.41) is 6.79. The van der Waals surface area contributed by atoms with Crippen molar-refractivity contribution >= 4 is 38.9 Å². The van der Waals surface area contributed by atoms with Crippen LogP contribution in [0.2, 0.25) is 0 Å². The van der Waals surface area contributed by atoms with Crippen molar-refractivity contribution < 1.29 is 19.1 Å². The highest BCUT2D eigenvalue weighted by Crippen LogP contribution is 2.32. The molecule has 4 aromatic rings. The summed E-state index contributed by atoms with van der Waals surface area (Å²) in [5.41, 5.74) is 1.76. The molecule has 0 atom stereocenters. The standard InChI is InChI=1S/C24H18N2O4S/c27-23(25-13-15-9-10-19-20(11-15)30-14-29-19)17-6-2-3-7-18(17)26-24(28)22-12-16-5-1-4-8-21(16)31-22/h1-12H,13-14H2,(H,25,27)(H,26,28). The van der Waals surface area contributed by atoms with Crippen LogP contribution in [0, 0.1) is 0 Å². The van der Waals surface area contributed by atoms with Gasteiger partial charge in [-0.3, -0.25) is 9.59 Å². The number of nitrogens with one attached hydrogen (secondary N) is 2. The number of fused-ring (bicyclic) bond motifs is 2. The van der Waals surface area contributed by atoms with Gasteiger partial charge in [0, 0.05) is 11.2 Å². The Morgan fingerprint density at radius 1 is 0.871 bits per heavy atom. The second kappa shape index (κ2) is 8.12. The lowest BCUT2D eigenvalue weighted by atomic mass is 10.1. The maximum absolute atomic E-state index is 12.8. The van der Waals surface area contributed by atoms with Crippen LogP contribution in [0.1, 0.15) is 25.6 Å². The molecule has 0 saturated carbocycles. The minimum absolute atomic E-state index is 0.206. The lowest BCUT2D eigenvalue weighted by Gasteiger charge is -2.11. The zero-order valence-electron chi connectivity index (χ0n) is 16.4. The lowest BCUT2D eigenvalue weighted by Crippen LogP contribution is -2.24. The highest BCUT2D eigenvalue weighted by Gasteiger charge is 2.17. The molecule has 7 heteroatoms. The molecule has 0 saturated heterocycles. The van der Waals surface area contributed by atoms with Gasteiger partial charge in [0.2, 0.25) is 6.79 Å². The van der Waals surface area contributed by atoms with Crippen molar-refractivity contribution in [3.63, 3.8) is 0 Å². The molecule has 0 radical (unpaired) electrons. The van der Waals surface area contributed by atoms with E-state index in [0.29, 0.717) is 34.2 Å².